The molecule has 2 N–H and O–H groups in total. The van der Waals surface area contributed by atoms with Crippen molar-refractivity contribution in [2.24, 2.45) is 0 Å². The molecule has 0 spiro atoms. The molecule has 1 fully saturated rings. The first-order valence-corrected chi connectivity index (χ1v) is 7.12. The Bertz CT molecular complexity index is 551. The molecule has 2 aliphatic rings. The van der Waals surface area contributed by atoms with Gasteiger partial charge in [-0.05, 0) is 12.1 Å². The predicted molar refractivity (Wildman–Crippen MR) is 75.6 cm³/mol. The number of methoxy groups -OCH3 is 1. The van der Waals surface area contributed by atoms with Gasteiger partial charge in [0.1, 0.15) is 18.8 Å². The van der Waals surface area contributed by atoms with Crippen molar-refractivity contribution in [1.29, 1.82) is 0 Å². The predicted octanol–water partition coefficient (Wildman–Crippen LogP) is 0.0633. The second kappa shape index (κ2) is 6.12. The zero-order valence-electron chi connectivity index (χ0n) is 12.4. The van der Waals surface area contributed by atoms with E-state index in [1.54, 1.807) is 12.1 Å². The molecule has 120 valence electrons. The summed E-state index contributed by atoms with van der Waals surface area (Å²) in [6.45, 7) is 1.63. The van der Waals surface area contributed by atoms with Gasteiger partial charge in [-0.2, -0.15) is 0 Å². The number of carbonyl (C=O) groups is 1. The van der Waals surface area contributed by atoms with Gasteiger partial charge in [0.05, 0.1) is 6.04 Å². The summed E-state index contributed by atoms with van der Waals surface area (Å²) in [6, 6.07) is 6.59. The van der Waals surface area contributed by atoms with E-state index < -0.39 is 30.6 Å². The van der Waals surface area contributed by atoms with Crippen molar-refractivity contribution in [2.45, 2.75) is 37.6 Å². The van der Waals surface area contributed by atoms with Crippen molar-refractivity contribution in [3.8, 4) is 11.5 Å². The SMILES string of the molecule is COC1OC2COc3ccccc3OC2C(NC(C)=O)C1O. The average Bonchev–Trinajstić information content (AvgIpc) is 2.69. The van der Waals surface area contributed by atoms with Gasteiger partial charge < -0.3 is 29.4 Å². The fourth-order valence-corrected chi connectivity index (χ4v) is 2.79. The number of carbonyl (C=O) groups excluding carboxylic acids is 1. The third kappa shape index (κ3) is 2.75. The highest BCUT2D eigenvalue weighted by atomic mass is 16.7. The Morgan fingerprint density at radius 2 is 2.09 bits per heavy atom. The van der Waals surface area contributed by atoms with Gasteiger partial charge >= 0.3 is 0 Å². The van der Waals surface area contributed by atoms with E-state index in [9.17, 15) is 9.90 Å². The molecular weight excluding hydrogens is 290 g/mol. The summed E-state index contributed by atoms with van der Waals surface area (Å²) < 4.78 is 22.5. The molecule has 7 heteroatoms. The molecule has 2 aliphatic heterocycles. The summed E-state index contributed by atoms with van der Waals surface area (Å²) in [4.78, 5) is 11.5. The number of fused-ring (bicyclic) bond motifs is 2. The Kier molecular flexibility index (Phi) is 4.19. The van der Waals surface area contributed by atoms with E-state index in [1.807, 2.05) is 12.1 Å². The molecule has 5 atom stereocenters. The van der Waals surface area contributed by atoms with Crippen LogP contribution in [-0.4, -0.2) is 55.4 Å². The highest BCUT2D eigenvalue weighted by Crippen LogP contribution is 2.35. The molecule has 3 rings (SSSR count). The number of ether oxygens (including phenoxy) is 4. The molecule has 1 aromatic carbocycles. The molecule has 2 heterocycles. The third-order valence-corrected chi connectivity index (χ3v) is 3.79. The summed E-state index contributed by atoms with van der Waals surface area (Å²) in [6.07, 6.45) is -2.95. The highest BCUT2D eigenvalue weighted by Gasteiger charge is 2.48. The number of amides is 1. The van der Waals surface area contributed by atoms with Gasteiger partial charge in [0.15, 0.2) is 23.9 Å². The van der Waals surface area contributed by atoms with E-state index >= 15 is 0 Å². The maximum absolute atomic E-state index is 11.5. The molecule has 1 saturated heterocycles. The van der Waals surface area contributed by atoms with Gasteiger partial charge in [0.2, 0.25) is 5.91 Å². The topological polar surface area (TPSA) is 86.3 Å². The molecule has 1 amide bonds. The fourth-order valence-electron chi connectivity index (χ4n) is 2.79. The van der Waals surface area contributed by atoms with E-state index in [2.05, 4.69) is 5.32 Å². The minimum atomic E-state index is -1.04. The van der Waals surface area contributed by atoms with Crippen LogP contribution in [0.3, 0.4) is 0 Å². The molecule has 0 aromatic heterocycles. The fraction of sp³-hybridized carbons (Fsp3) is 0.533. The average molecular weight is 309 g/mol. The summed E-state index contributed by atoms with van der Waals surface area (Å²) in [7, 11) is 1.44. The maximum atomic E-state index is 11.5. The lowest BCUT2D eigenvalue weighted by molar-refractivity contribution is -0.263. The standard InChI is InChI=1S/C15H19NO6/c1-8(17)16-12-13(18)15(19-2)22-11-7-20-9-5-3-4-6-10(9)21-14(11)12/h3-6,11-15,18H,7H2,1-2H3,(H,16,17). The van der Waals surface area contributed by atoms with Gasteiger partial charge in [-0.25, -0.2) is 0 Å². The van der Waals surface area contributed by atoms with E-state index in [0.717, 1.165) is 0 Å². The molecular formula is C15H19NO6. The van der Waals surface area contributed by atoms with Gasteiger partial charge in [0.25, 0.3) is 0 Å². The van der Waals surface area contributed by atoms with Gasteiger partial charge in [-0.15, -0.1) is 0 Å². The van der Waals surface area contributed by atoms with E-state index in [-0.39, 0.29) is 12.5 Å². The molecule has 1 aromatic rings. The second-order valence-electron chi connectivity index (χ2n) is 5.34. The van der Waals surface area contributed by atoms with Gasteiger partial charge in [-0.1, -0.05) is 12.1 Å². The molecule has 0 saturated carbocycles. The number of para-hydroxylation sites is 2. The summed E-state index contributed by atoms with van der Waals surface area (Å²) in [5.74, 6) is 0.893. The maximum Gasteiger partial charge on any atom is 0.217 e. The third-order valence-electron chi connectivity index (χ3n) is 3.79. The van der Waals surface area contributed by atoms with Crippen molar-refractivity contribution in [3.63, 3.8) is 0 Å². The van der Waals surface area contributed by atoms with Crippen molar-refractivity contribution < 1.29 is 28.8 Å². The minimum absolute atomic E-state index is 0.240. The smallest absolute Gasteiger partial charge is 0.217 e. The van der Waals surface area contributed by atoms with Crippen LogP contribution < -0.4 is 14.8 Å². The lowest BCUT2D eigenvalue weighted by atomic mass is 9.96. The van der Waals surface area contributed by atoms with Crippen LogP contribution in [0.25, 0.3) is 0 Å². The van der Waals surface area contributed by atoms with Crippen molar-refractivity contribution >= 4 is 5.91 Å². The quantitative estimate of drug-likeness (QED) is 0.804. The van der Waals surface area contributed by atoms with Crippen LogP contribution in [0.15, 0.2) is 24.3 Å². The van der Waals surface area contributed by atoms with Crippen LogP contribution in [0.5, 0.6) is 11.5 Å². The number of hydrogen-bond acceptors (Lipinski definition) is 6. The van der Waals surface area contributed by atoms with Gasteiger partial charge in [-0.3, -0.25) is 4.79 Å². The first-order chi connectivity index (χ1) is 10.6. The molecule has 5 unspecified atom stereocenters. The van der Waals surface area contributed by atoms with Crippen molar-refractivity contribution in [2.75, 3.05) is 13.7 Å². The Hall–Kier alpha value is -1.83. The first kappa shape index (κ1) is 15.1. The number of hydrogen-bond donors (Lipinski definition) is 2. The Morgan fingerprint density at radius 3 is 2.77 bits per heavy atom. The molecule has 0 radical (unpaired) electrons. The largest absolute Gasteiger partial charge is 0.487 e. The Labute approximate surface area is 128 Å². The number of nitrogens with one attached hydrogen (secondary N) is 1. The zero-order chi connectivity index (χ0) is 15.7. The van der Waals surface area contributed by atoms with Crippen LogP contribution in [-0.2, 0) is 14.3 Å². The van der Waals surface area contributed by atoms with Crippen molar-refractivity contribution in [3.05, 3.63) is 24.3 Å². The van der Waals surface area contributed by atoms with Crippen LogP contribution in [0.4, 0.5) is 0 Å². The number of rotatable bonds is 2. The molecule has 0 bridgehead atoms. The summed E-state index contributed by atoms with van der Waals surface area (Å²) >= 11 is 0. The van der Waals surface area contributed by atoms with Crippen LogP contribution in [0.2, 0.25) is 0 Å². The van der Waals surface area contributed by atoms with E-state index in [4.69, 9.17) is 18.9 Å². The molecule has 7 nitrogen and oxygen atoms in total. The number of aliphatic hydroxyl groups excluding tert-OH is 1. The van der Waals surface area contributed by atoms with E-state index in [0.29, 0.717) is 11.5 Å². The van der Waals surface area contributed by atoms with Crippen molar-refractivity contribution in [1.82, 2.24) is 5.32 Å². The summed E-state index contributed by atoms with van der Waals surface area (Å²) in [5, 5.41) is 13.1. The molecule has 0 aliphatic carbocycles. The summed E-state index contributed by atoms with van der Waals surface area (Å²) in [5.41, 5.74) is 0. The zero-order valence-corrected chi connectivity index (χ0v) is 12.4. The minimum Gasteiger partial charge on any atom is -0.487 e. The van der Waals surface area contributed by atoms with Crippen LogP contribution in [0.1, 0.15) is 6.92 Å². The monoisotopic (exact) mass is 309 g/mol. The van der Waals surface area contributed by atoms with Crippen LogP contribution >= 0.6 is 0 Å². The molecule has 22 heavy (non-hydrogen) atoms. The Morgan fingerprint density at radius 1 is 1.36 bits per heavy atom. The lowest BCUT2D eigenvalue weighted by Gasteiger charge is -2.42. The normalized spacial score (nSPS) is 33.5. The lowest BCUT2D eigenvalue weighted by Crippen LogP contribution is -2.66. The first-order valence-electron chi connectivity index (χ1n) is 7.12. The second-order valence-corrected chi connectivity index (χ2v) is 5.34. The Balaban J connectivity index is 1.91. The highest BCUT2D eigenvalue weighted by molar-refractivity contribution is 5.73. The van der Waals surface area contributed by atoms with Crippen LogP contribution in [0, 0.1) is 0 Å². The van der Waals surface area contributed by atoms with E-state index in [1.165, 1.54) is 14.0 Å². The number of aliphatic hydroxyl groups is 1. The van der Waals surface area contributed by atoms with Gasteiger partial charge in [0, 0.05) is 14.0 Å². The number of benzene rings is 1.